The third kappa shape index (κ3) is 5.06. The van der Waals surface area contributed by atoms with E-state index in [2.05, 4.69) is 36.5 Å². The van der Waals surface area contributed by atoms with Crippen LogP contribution in [-0.2, 0) is 20.7 Å². The summed E-state index contributed by atoms with van der Waals surface area (Å²) in [6.07, 6.45) is 2.61. The van der Waals surface area contributed by atoms with Crippen LogP contribution in [-0.4, -0.2) is 38.6 Å². The van der Waals surface area contributed by atoms with Crippen LogP contribution in [0, 0.1) is 5.92 Å². The number of rotatable bonds is 6. The Morgan fingerprint density at radius 2 is 1.88 bits per heavy atom. The highest BCUT2D eigenvalue weighted by atomic mass is 16.5. The molecule has 0 saturated carbocycles. The van der Waals surface area contributed by atoms with E-state index in [1.165, 1.54) is 17.6 Å². The normalized spacial score (nSPS) is 21.8. The topological polar surface area (TPSA) is 59.8 Å². The lowest BCUT2D eigenvalue weighted by atomic mass is 9.97. The molecule has 0 bridgehead atoms. The van der Waals surface area contributed by atoms with E-state index in [1.807, 2.05) is 6.92 Å². The highest BCUT2D eigenvalue weighted by Crippen LogP contribution is 2.14. The average Bonchev–Trinajstić information content (AvgIpc) is 2.61. The van der Waals surface area contributed by atoms with E-state index >= 15 is 0 Å². The zero-order valence-corrected chi connectivity index (χ0v) is 14.9. The zero-order valence-electron chi connectivity index (χ0n) is 14.9. The Morgan fingerprint density at radius 1 is 1.25 bits per heavy atom. The molecule has 1 aromatic rings. The highest BCUT2D eigenvalue weighted by Gasteiger charge is 2.29. The molecule has 1 aliphatic heterocycles. The maximum absolute atomic E-state index is 12.3. The molecule has 1 amide bonds. The number of likely N-dealkylation sites (tertiary alicyclic amines) is 1. The van der Waals surface area contributed by atoms with Crippen LogP contribution in [0.5, 0.6) is 0 Å². The number of hydrogen-bond donors (Lipinski definition) is 2. The predicted molar refractivity (Wildman–Crippen MR) is 92.7 cm³/mol. The van der Waals surface area contributed by atoms with Crippen LogP contribution in [0.2, 0.25) is 0 Å². The summed E-state index contributed by atoms with van der Waals surface area (Å²) in [5.41, 5.74) is 2.43. The number of ether oxygens (including phenoxy) is 1. The van der Waals surface area contributed by atoms with Crippen molar-refractivity contribution in [1.29, 1.82) is 0 Å². The predicted octanol–water partition coefficient (Wildman–Crippen LogP) is 0.894. The molecule has 1 heterocycles. The molecule has 0 radical (unpaired) electrons. The maximum Gasteiger partial charge on any atom is 0.309 e. The van der Waals surface area contributed by atoms with Crippen LogP contribution < -0.4 is 10.2 Å². The number of nitrogens with one attached hydrogen (secondary N) is 2. The zero-order chi connectivity index (χ0) is 17.5. The molecule has 2 N–H and O–H groups in total. The van der Waals surface area contributed by atoms with Crippen molar-refractivity contribution >= 4 is 11.9 Å². The van der Waals surface area contributed by atoms with E-state index < -0.39 is 0 Å². The van der Waals surface area contributed by atoms with Gasteiger partial charge in [0.05, 0.1) is 32.2 Å². The first kappa shape index (κ1) is 18.5. The summed E-state index contributed by atoms with van der Waals surface area (Å²) in [5, 5.41) is 3.07. The largest absolute Gasteiger partial charge is 0.469 e. The molecule has 1 fully saturated rings. The number of benzene rings is 1. The van der Waals surface area contributed by atoms with Gasteiger partial charge < -0.3 is 15.0 Å². The van der Waals surface area contributed by atoms with Gasteiger partial charge in [0.2, 0.25) is 0 Å². The van der Waals surface area contributed by atoms with Crippen LogP contribution in [0.4, 0.5) is 0 Å². The molecule has 1 atom stereocenters. The van der Waals surface area contributed by atoms with Gasteiger partial charge in [0.15, 0.2) is 6.54 Å². The number of hydrogen-bond acceptors (Lipinski definition) is 3. The second kappa shape index (κ2) is 8.83. The average molecular weight is 333 g/mol. The number of aryl methyl sites for hydroxylation is 1. The van der Waals surface area contributed by atoms with Crippen molar-refractivity contribution in [2.45, 2.75) is 39.2 Å². The van der Waals surface area contributed by atoms with Gasteiger partial charge >= 0.3 is 5.97 Å². The quantitative estimate of drug-likeness (QED) is 0.760. The monoisotopic (exact) mass is 333 g/mol. The summed E-state index contributed by atoms with van der Waals surface area (Å²) in [5.74, 6) is -0.0611. The minimum Gasteiger partial charge on any atom is -0.469 e. The Morgan fingerprint density at radius 3 is 2.42 bits per heavy atom. The fraction of sp³-hybridized carbons (Fsp3) is 0.579. The SMILES string of the molecule is CCc1ccc([C@H](C)NC(=O)C[NH+]2CCC(C(=O)OC)CC2)cc1. The van der Waals surface area contributed by atoms with Gasteiger partial charge in [-0.1, -0.05) is 31.2 Å². The second-order valence-electron chi connectivity index (χ2n) is 6.61. The summed E-state index contributed by atoms with van der Waals surface area (Å²) in [6, 6.07) is 8.40. The molecular weight excluding hydrogens is 304 g/mol. The Hall–Kier alpha value is -1.88. The molecule has 0 spiro atoms. The lowest BCUT2D eigenvalue weighted by molar-refractivity contribution is -0.897. The molecule has 2 rings (SSSR count). The Bertz CT molecular complexity index is 548. The molecule has 0 unspecified atom stereocenters. The van der Waals surface area contributed by atoms with E-state index in [-0.39, 0.29) is 23.8 Å². The minimum atomic E-state index is -0.123. The van der Waals surface area contributed by atoms with Gasteiger partial charge in [-0.25, -0.2) is 0 Å². The Kier molecular flexibility index (Phi) is 6.79. The van der Waals surface area contributed by atoms with Crippen molar-refractivity contribution in [3.63, 3.8) is 0 Å². The van der Waals surface area contributed by atoms with Gasteiger partial charge in [-0.15, -0.1) is 0 Å². The van der Waals surface area contributed by atoms with E-state index in [9.17, 15) is 9.59 Å². The number of carbonyl (C=O) groups excluding carboxylic acids is 2. The van der Waals surface area contributed by atoms with Gasteiger partial charge in [0.25, 0.3) is 5.91 Å². The molecule has 1 aliphatic rings. The molecule has 132 valence electrons. The van der Waals surface area contributed by atoms with Gasteiger partial charge in [-0.2, -0.15) is 0 Å². The first-order valence-electron chi connectivity index (χ1n) is 8.83. The second-order valence-corrected chi connectivity index (χ2v) is 6.61. The van der Waals surface area contributed by atoms with Gasteiger partial charge in [0, 0.05) is 12.8 Å². The van der Waals surface area contributed by atoms with Crippen molar-refractivity contribution in [3.8, 4) is 0 Å². The Labute approximate surface area is 144 Å². The summed E-state index contributed by atoms with van der Waals surface area (Å²) in [4.78, 5) is 25.0. The summed E-state index contributed by atoms with van der Waals surface area (Å²) in [7, 11) is 1.43. The van der Waals surface area contributed by atoms with E-state index in [0.717, 1.165) is 37.9 Å². The lowest BCUT2D eigenvalue weighted by Crippen LogP contribution is -3.14. The van der Waals surface area contributed by atoms with E-state index in [0.29, 0.717) is 6.54 Å². The van der Waals surface area contributed by atoms with Crippen LogP contribution in [0.1, 0.15) is 43.9 Å². The molecule has 5 heteroatoms. The first-order chi connectivity index (χ1) is 11.5. The number of amides is 1. The highest BCUT2D eigenvalue weighted by molar-refractivity contribution is 5.77. The third-order valence-corrected chi connectivity index (χ3v) is 4.90. The Balaban J connectivity index is 1.77. The molecule has 5 nitrogen and oxygen atoms in total. The van der Waals surface area contributed by atoms with Gasteiger partial charge in [-0.3, -0.25) is 9.59 Å². The van der Waals surface area contributed by atoms with Crippen LogP contribution in [0.3, 0.4) is 0 Å². The molecule has 1 saturated heterocycles. The van der Waals surface area contributed by atoms with Gasteiger partial charge in [-0.05, 0) is 24.5 Å². The third-order valence-electron chi connectivity index (χ3n) is 4.90. The molecule has 0 aromatic heterocycles. The standard InChI is InChI=1S/C19H28N2O3/c1-4-15-5-7-16(8-6-15)14(2)20-18(22)13-21-11-9-17(10-12-21)19(23)24-3/h5-8,14,17H,4,9-13H2,1-3H3,(H,20,22)/p+1/t14-/m0/s1. The van der Waals surface area contributed by atoms with Crippen molar-refractivity contribution in [1.82, 2.24) is 5.32 Å². The molecular formula is C19H29N2O3+. The number of methoxy groups -OCH3 is 1. The first-order valence-corrected chi connectivity index (χ1v) is 8.83. The number of esters is 1. The van der Waals surface area contributed by atoms with Crippen molar-refractivity contribution < 1.29 is 19.2 Å². The smallest absolute Gasteiger partial charge is 0.309 e. The molecule has 1 aromatic carbocycles. The van der Waals surface area contributed by atoms with Gasteiger partial charge in [0.1, 0.15) is 0 Å². The minimum absolute atomic E-state index is 0.00202. The summed E-state index contributed by atoms with van der Waals surface area (Å²) < 4.78 is 4.80. The van der Waals surface area contributed by atoms with Crippen molar-refractivity contribution in [3.05, 3.63) is 35.4 Å². The molecule has 0 aliphatic carbocycles. The van der Waals surface area contributed by atoms with Crippen LogP contribution >= 0.6 is 0 Å². The van der Waals surface area contributed by atoms with E-state index in [4.69, 9.17) is 4.74 Å². The number of carbonyl (C=O) groups is 2. The van der Waals surface area contributed by atoms with Crippen LogP contribution in [0.25, 0.3) is 0 Å². The fourth-order valence-corrected chi connectivity index (χ4v) is 3.25. The number of quaternary nitrogens is 1. The van der Waals surface area contributed by atoms with E-state index in [1.54, 1.807) is 0 Å². The van der Waals surface area contributed by atoms with Crippen LogP contribution in [0.15, 0.2) is 24.3 Å². The molecule has 24 heavy (non-hydrogen) atoms. The van der Waals surface area contributed by atoms with Crippen molar-refractivity contribution in [2.24, 2.45) is 5.92 Å². The summed E-state index contributed by atoms with van der Waals surface area (Å²) in [6.45, 7) is 6.29. The fourth-order valence-electron chi connectivity index (χ4n) is 3.25. The summed E-state index contributed by atoms with van der Waals surface area (Å²) >= 11 is 0. The van der Waals surface area contributed by atoms with Crippen molar-refractivity contribution in [2.75, 3.05) is 26.7 Å². The number of piperidine rings is 1. The lowest BCUT2D eigenvalue weighted by Gasteiger charge is -2.27. The maximum atomic E-state index is 12.3.